The van der Waals surface area contributed by atoms with Gasteiger partial charge in [-0.15, -0.1) is 0 Å². The van der Waals surface area contributed by atoms with Crippen LogP contribution in [-0.2, 0) is 0 Å². The number of benzene rings is 3. The number of amides is 1. The summed E-state index contributed by atoms with van der Waals surface area (Å²) in [6.45, 7) is 1.26. The molecule has 146 valence electrons. The van der Waals surface area contributed by atoms with E-state index in [9.17, 15) is 4.79 Å². The van der Waals surface area contributed by atoms with Gasteiger partial charge < -0.3 is 5.32 Å². The Morgan fingerprint density at radius 1 is 0.966 bits per heavy atom. The van der Waals surface area contributed by atoms with Gasteiger partial charge in [-0.2, -0.15) is 5.10 Å². The van der Waals surface area contributed by atoms with Gasteiger partial charge in [-0.1, -0.05) is 72.3 Å². The van der Waals surface area contributed by atoms with E-state index in [1.807, 2.05) is 72.8 Å². The van der Waals surface area contributed by atoms with Gasteiger partial charge in [0.25, 0.3) is 5.91 Å². The molecule has 4 rings (SSSR count). The lowest BCUT2D eigenvalue weighted by molar-refractivity contribution is 0.0936. The molecule has 3 aromatic carbocycles. The molecule has 29 heavy (non-hydrogen) atoms. The average molecular weight is 404 g/mol. The molecule has 0 fully saturated rings. The zero-order valence-corrected chi connectivity index (χ0v) is 16.7. The maximum Gasteiger partial charge on any atom is 0.251 e. The normalized spacial score (nSPS) is 14.4. The molecule has 0 bridgehead atoms. The third-order valence-corrected chi connectivity index (χ3v) is 5.29. The van der Waals surface area contributed by atoms with Gasteiger partial charge in [0.15, 0.2) is 0 Å². The van der Waals surface area contributed by atoms with Gasteiger partial charge in [-0.3, -0.25) is 9.80 Å². The smallest absolute Gasteiger partial charge is 0.251 e. The molecule has 4 nitrogen and oxygen atoms in total. The number of carbonyl (C=O) groups is 1. The minimum atomic E-state index is -0.0870. The number of nitrogens with one attached hydrogen (secondary N) is 1. The predicted molar refractivity (Wildman–Crippen MR) is 117 cm³/mol. The van der Waals surface area contributed by atoms with Gasteiger partial charge in [0.05, 0.1) is 11.8 Å². The van der Waals surface area contributed by atoms with E-state index in [0.717, 1.165) is 29.8 Å². The van der Waals surface area contributed by atoms with Crippen molar-refractivity contribution in [1.29, 1.82) is 0 Å². The van der Waals surface area contributed by atoms with Crippen LogP contribution in [-0.4, -0.2) is 29.7 Å². The minimum Gasteiger partial charge on any atom is -0.350 e. The number of halogens is 1. The van der Waals surface area contributed by atoms with E-state index in [4.69, 9.17) is 16.7 Å². The van der Waals surface area contributed by atoms with E-state index >= 15 is 0 Å². The SMILES string of the molecule is O=C(NC[C@H](c1ccc(Cl)cc1)N1CCC(c2ccccc2)=N1)c1ccccc1. The fraction of sp³-hybridized carbons (Fsp3) is 0.167. The summed E-state index contributed by atoms with van der Waals surface area (Å²) in [5.74, 6) is -0.0870. The largest absolute Gasteiger partial charge is 0.350 e. The lowest BCUT2D eigenvalue weighted by Gasteiger charge is -2.27. The number of hydrogen-bond donors (Lipinski definition) is 1. The second-order valence-electron chi connectivity index (χ2n) is 6.97. The molecule has 5 heteroatoms. The van der Waals surface area contributed by atoms with Crippen molar-refractivity contribution in [3.63, 3.8) is 0 Å². The van der Waals surface area contributed by atoms with Crippen molar-refractivity contribution >= 4 is 23.2 Å². The highest BCUT2D eigenvalue weighted by molar-refractivity contribution is 6.30. The van der Waals surface area contributed by atoms with Crippen molar-refractivity contribution in [3.8, 4) is 0 Å². The van der Waals surface area contributed by atoms with Crippen LogP contribution in [0.25, 0.3) is 0 Å². The van der Waals surface area contributed by atoms with Crippen molar-refractivity contribution in [1.82, 2.24) is 10.3 Å². The molecular formula is C24H22ClN3O. The number of nitrogens with zero attached hydrogens (tertiary/aromatic N) is 2. The summed E-state index contributed by atoms with van der Waals surface area (Å²) in [6.07, 6.45) is 0.876. The Labute approximate surface area is 175 Å². The maximum atomic E-state index is 12.5. The molecule has 0 saturated heterocycles. The summed E-state index contributed by atoms with van der Waals surface area (Å²) in [6, 6.07) is 27.2. The number of hydrazone groups is 1. The van der Waals surface area contributed by atoms with Crippen LogP contribution in [0, 0.1) is 0 Å². The molecule has 1 atom stereocenters. The second kappa shape index (κ2) is 8.93. The van der Waals surface area contributed by atoms with Crippen LogP contribution >= 0.6 is 11.6 Å². The Hall–Kier alpha value is -3.11. The first-order chi connectivity index (χ1) is 14.2. The lowest BCUT2D eigenvalue weighted by Crippen LogP contribution is -2.35. The molecule has 1 heterocycles. The first-order valence-corrected chi connectivity index (χ1v) is 10.1. The van der Waals surface area contributed by atoms with E-state index in [0.29, 0.717) is 17.1 Å². The molecule has 1 amide bonds. The molecule has 1 N–H and O–H groups in total. The van der Waals surface area contributed by atoms with Crippen LogP contribution in [0.3, 0.4) is 0 Å². The molecular weight excluding hydrogens is 382 g/mol. The van der Waals surface area contributed by atoms with E-state index in [-0.39, 0.29) is 11.9 Å². The molecule has 0 radical (unpaired) electrons. The molecule has 3 aromatic rings. The molecule has 0 aromatic heterocycles. The molecule has 0 spiro atoms. The summed E-state index contributed by atoms with van der Waals surface area (Å²) < 4.78 is 0. The molecule has 1 aliphatic heterocycles. The monoisotopic (exact) mass is 403 g/mol. The van der Waals surface area contributed by atoms with Gasteiger partial charge in [-0.25, -0.2) is 0 Å². The minimum absolute atomic E-state index is 0.0684. The van der Waals surface area contributed by atoms with Crippen molar-refractivity contribution in [2.75, 3.05) is 13.1 Å². The van der Waals surface area contributed by atoms with E-state index in [2.05, 4.69) is 22.5 Å². The Morgan fingerprint density at radius 3 is 2.31 bits per heavy atom. The predicted octanol–water partition coefficient (Wildman–Crippen LogP) is 4.92. The van der Waals surface area contributed by atoms with E-state index in [1.165, 1.54) is 0 Å². The van der Waals surface area contributed by atoms with Crippen LogP contribution in [0.5, 0.6) is 0 Å². The van der Waals surface area contributed by atoms with Crippen molar-refractivity contribution < 1.29 is 4.79 Å². The van der Waals surface area contributed by atoms with Gasteiger partial charge >= 0.3 is 0 Å². The quantitative estimate of drug-likeness (QED) is 0.634. The summed E-state index contributed by atoms with van der Waals surface area (Å²) in [7, 11) is 0. The molecule has 1 aliphatic rings. The fourth-order valence-electron chi connectivity index (χ4n) is 3.49. The fourth-order valence-corrected chi connectivity index (χ4v) is 3.62. The van der Waals surface area contributed by atoms with Crippen LogP contribution < -0.4 is 5.32 Å². The molecule has 0 aliphatic carbocycles. The first kappa shape index (κ1) is 19.2. The third kappa shape index (κ3) is 4.66. The molecule has 0 unspecified atom stereocenters. The van der Waals surface area contributed by atoms with Crippen LogP contribution in [0.1, 0.15) is 33.9 Å². The van der Waals surface area contributed by atoms with Gasteiger partial charge in [0, 0.05) is 30.1 Å². The topological polar surface area (TPSA) is 44.7 Å². The Kier molecular flexibility index (Phi) is 5.92. The van der Waals surface area contributed by atoms with Crippen molar-refractivity contribution in [2.45, 2.75) is 12.5 Å². The maximum absolute atomic E-state index is 12.5. The Morgan fingerprint density at radius 2 is 1.62 bits per heavy atom. The summed E-state index contributed by atoms with van der Waals surface area (Å²) in [4.78, 5) is 12.5. The highest BCUT2D eigenvalue weighted by Gasteiger charge is 2.25. The van der Waals surface area contributed by atoms with Gasteiger partial charge in [-0.05, 0) is 35.4 Å². The van der Waals surface area contributed by atoms with Crippen LogP contribution in [0.2, 0.25) is 5.02 Å². The summed E-state index contributed by atoms with van der Waals surface area (Å²) in [5.41, 5.74) is 3.93. The van der Waals surface area contributed by atoms with Crippen LogP contribution in [0.15, 0.2) is 90.0 Å². The highest BCUT2D eigenvalue weighted by atomic mass is 35.5. The molecule has 0 saturated carbocycles. The number of carbonyl (C=O) groups excluding carboxylic acids is 1. The zero-order valence-electron chi connectivity index (χ0n) is 16.0. The zero-order chi connectivity index (χ0) is 20.1. The summed E-state index contributed by atoms with van der Waals surface area (Å²) in [5, 5.41) is 10.7. The Balaban J connectivity index is 1.55. The first-order valence-electron chi connectivity index (χ1n) is 9.69. The Bertz CT molecular complexity index is 988. The van der Waals surface area contributed by atoms with E-state index < -0.39 is 0 Å². The second-order valence-corrected chi connectivity index (χ2v) is 7.41. The highest BCUT2D eigenvalue weighted by Crippen LogP contribution is 2.27. The van der Waals surface area contributed by atoms with Crippen molar-refractivity contribution in [3.05, 3.63) is 107 Å². The van der Waals surface area contributed by atoms with Crippen molar-refractivity contribution in [2.24, 2.45) is 5.10 Å². The summed E-state index contributed by atoms with van der Waals surface area (Å²) >= 11 is 6.08. The van der Waals surface area contributed by atoms with Crippen LogP contribution in [0.4, 0.5) is 0 Å². The van der Waals surface area contributed by atoms with E-state index in [1.54, 1.807) is 0 Å². The number of hydrogen-bond acceptors (Lipinski definition) is 3. The lowest BCUT2D eigenvalue weighted by atomic mass is 10.1. The standard InChI is InChI=1S/C24H22ClN3O/c25-21-13-11-19(12-14-21)23(17-26-24(29)20-9-5-2-6-10-20)28-16-15-22(27-28)18-7-3-1-4-8-18/h1-14,23H,15-17H2,(H,26,29)/t23-/m1/s1. The van der Waals surface area contributed by atoms with Gasteiger partial charge in [0.2, 0.25) is 0 Å². The third-order valence-electron chi connectivity index (χ3n) is 5.04. The number of rotatable bonds is 6. The average Bonchev–Trinajstić information content (AvgIpc) is 3.26. The van der Waals surface area contributed by atoms with Gasteiger partial charge in [0.1, 0.15) is 0 Å².